The summed E-state index contributed by atoms with van der Waals surface area (Å²) in [4.78, 5) is 11.5. The van der Waals surface area contributed by atoms with Crippen LogP contribution in [0, 0.1) is 0 Å². The first kappa shape index (κ1) is 17.1. The molecule has 122 valence electrons. The molecule has 0 heterocycles. The van der Waals surface area contributed by atoms with Crippen LogP contribution in [0.25, 0.3) is 11.1 Å². The summed E-state index contributed by atoms with van der Waals surface area (Å²) in [6, 6.07) is 13.9. The van der Waals surface area contributed by atoms with Gasteiger partial charge in [0.05, 0.1) is 6.61 Å². The maximum atomic E-state index is 11.5. The zero-order valence-electron chi connectivity index (χ0n) is 13.8. The number of rotatable bonds is 7. The van der Waals surface area contributed by atoms with E-state index in [1.165, 1.54) is 0 Å². The van der Waals surface area contributed by atoms with Crippen LogP contribution in [0.1, 0.15) is 37.8 Å². The Morgan fingerprint density at radius 2 is 1.83 bits per heavy atom. The zero-order chi connectivity index (χ0) is 16.7. The molecule has 0 bridgehead atoms. The van der Waals surface area contributed by atoms with E-state index >= 15 is 0 Å². The van der Waals surface area contributed by atoms with Crippen LogP contribution < -0.4 is 0 Å². The minimum absolute atomic E-state index is 0.159. The Balaban J connectivity index is 2.16. The Bertz CT molecular complexity index is 662. The van der Waals surface area contributed by atoms with Gasteiger partial charge in [-0.3, -0.25) is 4.79 Å². The Kier molecular flexibility index (Phi) is 6.21. The maximum Gasteiger partial charge on any atom is 0.306 e. The number of phenols is 1. The third kappa shape index (κ3) is 4.85. The summed E-state index contributed by atoms with van der Waals surface area (Å²) in [5.41, 5.74) is 4.27. The summed E-state index contributed by atoms with van der Waals surface area (Å²) in [7, 11) is 0. The quantitative estimate of drug-likeness (QED) is 0.765. The number of aromatic hydroxyl groups is 1. The number of ether oxygens (including phenoxy) is 1. The molecule has 0 aromatic heterocycles. The highest BCUT2D eigenvalue weighted by Gasteiger charge is 2.06. The molecule has 0 aliphatic carbocycles. The lowest BCUT2D eigenvalue weighted by Crippen LogP contribution is -2.05. The number of hydrogen-bond donors (Lipinski definition) is 1. The van der Waals surface area contributed by atoms with Crippen molar-refractivity contribution in [1.29, 1.82) is 0 Å². The smallest absolute Gasteiger partial charge is 0.306 e. The van der Waals surface area contributed by atoms with E-state index in [-0.39, 0.29) is 5.97 Å². The second kappa shape index (κ2) is 8.37. The van der Waals surface area contributed by atoms with Gasteiger partial charge in [0.2, 0.25) is 0 Å². The van der Waals surface area contributed by atoms with E-state index in [0.29, 0.717) is 25.2 Å². The molecule has 0 amide bonds. The molecule has 0 saturated heterocycles. The van der Waals surface area contributed by atoms with Gasteiger partial charge in [0.1, 0.15) is 5.75 Å². The highest BCUT2D eigenvalue weighted by molar-refractivity contribution is 5.70. The molecule has 2 aromatic carbocycles. The third-order valence-electron chi connectivity index (χ3n) is 3.78. The van der Waals surface area contributed by atoms with Crippen molar-refractivity contribution in [3.05, 3.63) is 53.6 Å². The predicted octanol–water partition coefficient (Wildman–Crippen LogP) is 4.51. The molecule has 0 fully saturated rings. The Morgan fingerprint density at radius 1 is 1.04 bits per heavy atom. The molecule has 0 radical (unpaired) electrons. The first-order valence-electron chi connectivity index (χ1n) is 8.20. The summed E-state index contributed by atoms with van der Waals surface area (Å²) in [5.74, 6) is 0.196. The van der Waals surface area contributed by atoms with Crippen molar-refractivity contribution in [2.24, 2.45) is 0 Å². The standard InChI is InChI=1S/C20H24O3/c1-3-6-18-14-17(10-11-19(18)21)16-8-5-7-15(13-16)9-12-20(22)23-4-2/h5,7-8,10-11,13-14,21H,3-4,6,9,12H2,1-2H3. The Labute approximate surface area is 137 Å². The van der Waals surface area contributed by atoms with E-state index < -0.39 is 0 Å². The number of carbonyl (C=O) groups excluding carboxylic acids is 1. The molecule has 0 aliphatic heterocycles. The van der Waals surface area contributed by atoms with Gasteiger partial charge in [0.25, 0.3) is 0 Å². The van der Waals surface area contributed by atoms with Crippen molar-refractivity contribution in [2.75, 3.05) is 6.61 Å². The van der Waals surface area contributed by atoms with Gasteiger partial charge in [0, 0.05) is 6.42 Å². The van der Waals surface area contributed by atoms with Gasteiger partial charge in [-0.05, 0) is 54.2 Å². The van der Waals surface area contributed by atoms with Crippen molar-refractivity contribution in [2.45, 2.75) is 39.5 Å². The number of benzene rings is 2. The van der Waals surface area contributed by atoms with Gasteiger partial charge in [-0.2, -0.15) is 0 Å². The summed E-state index contributed by atoms with van der Waals surface area (Å²) < 4.78 is 4.97. The highest BCUT2D eigenvalue weighted by Crippen LogP contribution is 2.27. The van der Waals surface area contributed by atoms with Gasteiger partial charge in [-0.25, -0.2) is 0 Å². The van der Waals surface area contributed by atoms with E-state index in [0.717, 1.165) is 35.1 Å². The van der Waals surface area contributed by atoms with Crippen LogP contribution in [-0.4, -0.2) is 17.7 Å². The number of carbonyl (C=O) groups is 1. The first-order chi connectivity index (χ1) is 11.1. The van der Waals surface area contributed by atoms with Crippen molar-refractivity contribution in [1.82, 2.24) is 0 Å². The normalized spacial score (nSPS) is 10.5. The number of esters is 1. The molecular formula is C20H24O3. The topological polar surface area (TPSA) is 46.5 Å². The van der Waals surface area contributed by atoms with Gasteiger partial charge >= 0.3 is 5.97 Å². The van der Waals surface area contributed by atoms with E-state index in [1.807, 2.05) is 31.2 Å². The highest BCUT2D eigenvalue weighted by atomic mass is 16.5. The van der Waals surface area contributed by atoms with Crippen LogP contribution in [0.15, 0.2) is 42.5 Å². The van der Waals surface area contributed by atoms with Crippen LogP contribution >= 0.6 is 0 Å². The van der Waals surface area contributed by atoms with Crippen molar-refractivity contribution < 1.29 is 14.6 Å². The number of hydrogen-bond acceptors (Lipinski definition) is 3. The molecule has 3 nitrogen and oxygen atoms in total. The van der Waals surface area contributed by atoms with E-state index in [4.69, 9.17) is 4.74 Å². The molecule has 0 spiro atoms. The maximum absolute atomic E-state index is 11.5. The van der Waals surface area contributed by atoms with Crippen LogP contribution in [0.5, 0.6) is 5.75 Å². The SMILES string of the molecule is CCCc1cc(-c2cccc(CCC(=O)OCC)c2)ccc1O. The fourth-order valence-corrected chi connectivity index (χ4v) is 2.62. The lowest BCUT2D eigenvalue weighted by molar-refractivity contribution is -0.143. The van der Waals surface area contributed by atoms with Gasteiger partial charge in [0.15, 0.2) is 0 Å². The van der Waals surface area contributed by atoms with Crippen molar-refractivity contribution in [3.8, 4) is 16.9 Å². The van der Waals surface area contributed by atoms with Gasteiger partial charge in [-0.1, -0.05) is 43.7 Å². The molecule has 0 aliphatic rings. The van der Waals surface area contributed by atoms with E-state index in [2.05, 4.69) is 19.1 Å². The van der Waals surface area contributed by atoms with Crippen molar-refractivity contribution >= 4 is 5.97 Å². The molecule has 2 rings (SSSR count). The molecule has 0 atom stereocenters. The molecule has 1 N–H and O–H groups in total. The lowest BCUT2D eigenvalue weighted by atomic mass is 9.98. The summed E-state index contributed by atoms with van der Waals surface area (Å²) in [6.07, 6.45) is 2.93. The first-order valence-corrected chi connectivity index (χ1v) is 8.20. The molecular weight excluding hydrogens is 288 g/mol. The monoisotopic (exact) mass is 312 g/mol. The van der Waals surface area contributed by atoms with Crippen molar-refractivity contribution in [3.63, 3.8) is 0 Å². The average molecular weight is 312 g/mol. The van der Waals surface area contributed by atoms with Crippen LogP contribution in [0.3, 0.4) is 0 Å². The average Bonchev–Trinajstić information content (AvgIpc) is 2.56. The van der Waals surface area contributed by atoms with Gasteiger partial charge < -0.3 is 9.84 Å². The third-order valence-corrected chi connectivity index (χ3v) is 3.78. The second-order valence-corrected chi connectivity index (χ2v) is 5.60. The fourth-order valence-electron chi connectivity index (χ4n) is 2.62. The lowest BCUT2D eigenvalue weighted by Gasteiger charge is -2.09. The summed E-state index contributed by atoms with van der Waals surface area (Å²) in [6.45, 7) is 4.34. The summed E-state index contributed by atoms with van der Waals surface area (Å²) >= 11 is 0. The van der Waals surface area contributed by atoms with Gasteiger partial charge in [-0.15, -0.1) is 0 Å². The minimum Gasteiger partial charge on any atom is -0.508 e. The minimum atomic E-state index is -0.159. The fraction of sp³-hybridized carbons (Fsp3) is 0.350. The molecule has 23 heavy (non-hydrogen) atoms. The largest absolute Gasteiger partial charge is 0.508 e. The van der Waals surface area contributed by atoms with Crippen LogP contribution in [0.2, 0.25) is 0 Å². The molecule has 2 aromatic rings. The van der Waals surface area contributed by atoms with E-state index in [9.17, 15) is 9.90 Å². The zero-order valence-corrected chi connectivity index (χ0v) is 13.8. The Hall–Kier alpha value is -2.29. The second-order valence-electron chi connectivity index (χ2n) is 5.60. The van der Waals surface area contributed by atoms with Crippen LogP contribution in [0.4, 0.5) is 0 Å². The Morgan fingerprint density at radius 3 is 2.57 bits per heavy atom. The molecule has 3 heteroatoms. The molecule has 0 unspecified atom stereocenters. The number of aryl methyl sites for hydroxylation is 2. The van der Waals surface area contributed by atoms with Crippen LogP contribution in [-0.2, 0) is 22.4 Å². The molecule has 0 saturated carbocycles. The predicted molar refractivity (Wildman–Crippen MR) is 92.5 cm³/mol. The number of phenolic OH excluding ortho intramolecular Hbond substituents is 1. The van der Waals surface area contributed by atoms with E-state index in [1.54, 1.807) is 6.07 Å². The summed E-state index contributed by atoms with van der Waals surface area (Å²) in [5, 5.41) is 9.91.